The van der Waals surface area contributed by atoms with E-state index in [4.69, 9.17) is 10.5 Å². The van der Waals surface area contributed by atoms with Gasteiger partial charge in [0.1, 0.15) is 23.5 Å². The number of methoxy groups -OCH3 is 1. The molecule has 0 spiro atoms. The van der Waals surface area contributed by atoms with Gasteiger partial charge in [-0.15, -0.1) is 0 Å². The topological polar surface area (TPSA) is 91.2 Å². The standard InChI is InChI=1S/C31H34F2N6O2/c1-28(15-37(2)3)8-18(9-28)38-12-22(24-25(34)35-16-36-26(24)38)17-5-6-20-21(7-17)27(40)39(13-23(20)41-4)19-10-29-14-30(29,11-19)31(29,32)33/h5-7,12-13,16,18-19H,8-11,14-15H2,1-4H3,(H2,34,35,36). The van der Waals surface area contributed by atoms with Crippen molar-refractivity contribution >= 4 is 27.6 Å². The lowest BCUT2D eigenvalue weighted by molar-refractivity contribution is -0.0234. The molecule has 2 unspecified atom stereocenters. The normalized spacial score (nSPS) is 32.7. The van der Waals surface area contributed by atoms with Gasteiger partial charge in [-0.2, -0.15) is 0 Å². The molecule has 10 heteroatoms. The summed E-state index contributed by atoms with van der Waals surface area (Å²) >= 11 is 0. The van der Waals surface area contributed by atoms with Crippen molar-refractivity contribution in [3.05, 3.63) is 47.3 Å². The predicted octanol–water partition coefficient (Wildman–Crippen LogP) is 5.27. The highest BCUT2D eigenvalue weighted by molar-refractivity contribution is 6.02. The third-order valence-electron chi connectivity index (χ3n) is 10.8. The Kier molecular flexibility index (Phi) is 4.70. The van der Waals surface area contributed by atoms with Crippen molar-refractivity contribution in [3.63, 3.8) is 0 Å². The fourth-order valence-corrected chi connectivity index (χ4v) is 8.90. The van der Waals surface area contributed by atoms with Crippen LogP contribution in [-0.2, 0) is 0 Å². The Hall–Kier alpha value is -3.53. The van der Waals surface area contributed by atoms with Gasteiger partial charge in [-0.05, 0) is 69.3 Å². The first kappa shape index (κ1) is 25.2. The summed E-state index contributed by atoms with van der Waals surface area (Å²) in [5.41, 5.74) is 7.18. The lowest BCUT2D eigenvalue weighted by Gasteiger charge is -2.47. The van der Waals surface area contributed by atoms with E-state index in [2.05, 4.69) is 46.7 Å². The van der Waals surface area contributed by atoms with E-state index in [1.54, 1.807) is 17.9 Å². The molecule has 4 saturated carbocycles. The zero-order chi connectivity index (χ0) is 28.7. The van der Waals surface area contributed by atoms with E-state index in [9.17, 15) is 13.6 Å². The maximum absolute atomic E-state index is 14.3. The van der Waals surface area contributed by atoms with Gasteiger partial charge in [-0.1, -0.05) is 13.0 Å². The number of hydrogen-bond donors (Lipinski definition) is 1. The summed E-state index contributed by atoms with van der Waals surface area (Å²) in [5, 5.41) is 1.96. The molecule has 3 heterocycles. The summed E-state index contributed by atoms with van der Waals surface area (Å²) in [6.45, 7) is 3.34. The van der Waals surface area contributed by atoms with E-state index in [-0.39, 0.29) is 17.0 Å². The number of nitrogens with two attached hydrogens (primary N) is 1. The van der Waals surface area contributed by atoms with Gasteiger partial charge in [0.2, 0.25) is 0 Å². The summed E-state index contributed by atoms with van der Waals surface area (Å²) in [5.74, 6) is -1.62. The minimum absolute atomic E-state index is 0.184. The molecule has 8 nitrogen and oxygen atoms in total. The van der Waals surface area contributed by atoms with Crippen molar-refractivity contribution in [2.75, 3.05) is 33.5 Å². The van der Waals surface area contributed by atoms with Crippen LogP contribution in [0.5, 0.6) is 5.75 Å². The van der Waals surface area contributed by atoms with Crippen LogP contribution in [0.4, 0.5) is 14.6 Å². The van der Waals surface area contributed by atoms with Gasteiger partial charge in [0.05, 0.1) is 24.1 Å². The first-order chi connectivity index (χ1) is 19.4. The molecule has 0 bridgehead atoms. The molecule has 41 heavy (non-hydrogen) atoms. The molecule has 4 aliphatic carbocycles. The van der Waals surface area contributed by atoms with Crippen molar-refractivity contribution in [3.8, 4) is 16.9 Å². The van der Waals surface area contributed by atoms with Crippen LogP contribution in [0.25, 0.3) is 32.9 Å². The van der Waals surface area contributed by atoms with Crippen molar-refractivity contribution in [1.29, 1.82) is 0 Å². The van der Waals surface area contributed by atoms with Crippen LogP contribution in [0.2, 0.25) is 0 Å². The Balaban J connectivity index is 1.21. The van der Waals surface area contributed by atoms with Crippen LogP contribution in [0.1, 0.15) is 51.1 Å². The summed E-state index contributed by atoms with van der Waals surface area (Å²) in [6.07, 6.45) is 8.60. The molecule has 3 aromatic heterocycles. The minimum Gasteiger partial charge on any atom is -0.495 e. The molecule has 214 valence electrons. The largest absolute Gasteiger partial charge is 0.495 e. The average Bonchev–Trinajstić information content (AvgIpc) is 3.43. The summed E-state index contributed by atoms with van der Waals surface area (Å²) in [7, 11) is 5.78. The van der Waals surface area contributed by atoms with E-state index in [1.807, 2.05) is 18.2 Å². The van der Waals surface area contributed by atoms with E-state index in [1.165, 1.54) is 6.33 Å². The van der Waals surface area contributed by atoms with Gasteiger partial charge in [0, 0.05) is 46.6 Å². The van der Waals surface area contributed by atoms with Crippen LogP contribution >= 0.6 is 0 Å². The molecular weight excluding hydrogens is 526 g/mol. The zero-order valence-electron chi connectivity index (χ0n) is 23.7. The minimum atomic E-state index is -2.57. The predicted molar refractivity (Wildman–Crippen MR) is 153 cm³/mol. The van der Waals surface area contributed by atoms with Crippen LogP contribution in [0.15, 0.2) is 41.7 Å². The second-order valence-electron chi connectivity index (χ2n) is 13.7. The van der Waals surface area contributed by atoms with Crippen molar-refractivity contribution in [2.24, 2.45) is 16.2 Å². The molecule has 4 aliphatic rings. The zero-order valence-corrected chi connectivity index (χ0v) is 23.7. The highest BCUT2D eigenvalue weighted by Crippen LogP contribution is 3.01. The molecule has 2 atom stereocenters. The number of aromatic nitrogens is 4. The third kappa shape index (κ3) is 3.04. The Labute approximate surface area is 236 Å². The van der Waals surface area contributed by atoms with E-state index < -0.39 is 16.8 Å². The third-order valence-corrected chi connectivity index (χ3v) is 10.8. The number of nitrogen functional groups attached to an aromatic ring is 1. The monoisotopic (exact) mass is 560 g/mol. The highest BCUT2D eigenvalue weighted by atomic mass is 19.3. The van der Waals surface area contributed by atoms with Crippen LogP contribution in [0.3, 0.4) is 0 Å². The van der Waals surface area contributed by atoms with Gasteiger partial charge >= 0.3 is 0 Å². The molecular formula is C31H34F2N6O2. The van der Waals surface area contributed by atoms with Crippen LogP contribution in [-0.4, -0.2) is 57.7 Å². The number of rotatable bonds is 6. The number of nitrogens with zero attached hydrogens (tertiary/aromatic N) is 5. The fraction of sp³-hybridized carbons (Fsp3) is 0.516. The first-order valence-electron chi connectivity index (χ1n) is 14.3. The smallest absolute Gasteiger partial charge is 0.260 e. The number of anilines is 1. The molecule has 2 N–H and O–H groups in total. The molecule has 0 amide bonds. The first-order valence-corrected chi connectivity index (χ1v) is 14.3. The molecule has 4 fully saturated rings. The van der Waals surface area contributed by atoms with Crippen LogP contribution < -0.4 is 16.0 Å². The second kappa shape index (κ2) is 7.65. The number of ether oxygens (including phenoxy) is 1. The van der Waals surface area contributed by atoms with Gasteiger partial charge in [0.15, 0.2) is 0 Å². The van der Waals surface area contributed by atoms with Crippen molar-refractivity contribution in [1.82, 2.24) is 24.0 Å². The number of hydrogen-bond acceptors (Lipinski definition) is 6. The molecule has 4 aromatic rings. The molecule has 0 saturated heterocycles. The number of alkyl halides is 2. The Morgan fingerprint density at radius 3 is 2.41 bits per heavy atom. The van der Waals surface area contributed by atoms with E-state index >= 15 is 0 Å². The number of benzene rings is 1. The van der Waals surface area contributed by atoms with Gasteiger partial charge in [-0.3, -0.25) is 4.79 Å². The summed E-state index contributed by atoms with van der Waals surface area (Å²) < 4.78 is 38.1. The van der Waals surface area contributed by atoms with E-state index in [0.29, 0.717) is 47.6 Å². The Morgan fingerprint density at radius 2 is 1.76 bits per heavy atom. The van der Waals surface area contributed by atoms with Gasteiger partial charge < -0.3 is 24.5 Å². The maximum atomic E-state index is 14.3. The number of fused-ring (bicyclic) bond motifs is 2. The van der Waals surface area contributed by atoms with Gasteiger partial charge in [-0.25, -0.2) is 18.7 Å². The van der Waals surface area contributed by atoms with E-state index in [0.717, 1.165) is 41.5 Å². The highest BCUT2D eigenvalue weighted by Gasteiger charge is 3.05. The quantitative estimate of drug-likeness (QED) is 0.346. The Bertz CT molecular complexity index is 1820. The summed E-state index contributed by atoms with van der Waals surface area (Å²) in [4.78, 5) is 25.0. The van der Waals surface area contributed by atoms with Gasteiger partial charge in [0.25, 0.3) is 11.5 Å². The second-order valence-corrected chi connectivity index (χ2v) is 13.7. The molecule has 1 aromatic carbocycles. The number of pyridine rings is 1. The molecule has 0 aliphatic heterocycles. The average molecular weight is 561 g/mol. The number of halogens is 2. The molecule has 0 radical (unpaired) electrons. The van der Waals surface area contributed by atoms with Crippen LogP contribution in [0, 0.1) is 16.2 Å². The van der Waals surface area contributed by atoms with Crippen molar-refractivity contribution < 1.29 is 13.5 Å². The summed E-state index contributed by atoms with van der Waals surface area (Å²) in [6, 6.07) is 5.78. The fourth-order valence-electron chi connectivity index (χ4n) is 8.90. The molecule has 8 rings (SSSR count). The maximum Gasteiger partial charge on any atom is 0.260 e. The lowest BCUT2D eigenvalue weighted by Crippen LogP contribution is -2.43. The van der Waals surface area contributed by atoms with Crippen molar-refractivity contribution in [2.45, 2.75) is 57.0 Å². The SMILES string of the molecule is COc1cn(C2CC34CC3(C2)C4(F)F)c(=O)c2cc(-c3cn(C4CC(C)(CN(C)C)C4)c4ncnc(N)c34)ccc12. The lowest BCUT2D eigenvalue weighted by atomic mass is 9.66. The Morgan fingerprint density at radius 1 is 1.05 bits per heavy atom.